The Labute approximate surface area is 396 Å². The third-order valence-corrected chi connectivity index (χ3v) is 19.9. The van der Waals surface area contributed by atoms with Gasteiger partial charge in [0, 0.05) is 27.9 Å². The smallest absolute Gasteiger partial charge is 0.0471 e. The maximum absolute atomic E-state index is 2.75. The van der Waals surface area contributed by atoms with E-state index in [1.165, 1.54) is 122 Å². The molecular weight excluding hydrogens is 795 g/mol. The van der Waals surface area contributed by atoms with Crippen molar-refractivity contribution in [2.24, 2.45) is 29.1 Å². The number of benzene rings is 6. The van der Waals surface area contributed by atoms with E-state index in [0.717, 1.165) is 23.7 Å². The summed E-state index contributed by atoms with van der Waals surface area (Å²) in [6.07, 6.45) is 8.15. The zero-order chi connectivity index (χ0) is 45.9. The van der Waals surface area contributed by atoms with Gasteiger partial charge in [-0.2, -0.15) is 0 Å². The summed E-state index contributed by atoms with van der Waals surface area (Å²) in [6.45, 7) is 29.2. The van der Waals surface area contributed by atoms with Gasteiger partial charge >= 0.3 is 0 Å². The molecule has 0 N–H and O–H groups in total. The maximum atomic E-state index is 2.75. The van der Waals surface area contributed by atoms with Gasteiger partial charge in [-0.1, -0.05) is 162 Å². The summed E-state index contributed by atoms with van der Waals surface area (Å²) in [5.41, 5.74) is 25.1. The zero-order valence-electron chi connectivity index (χ0n) is 42.0. The lowest BCUT2D eigenvalue weighted by Crippen LogP contribution is -2.73. The van der Waals surface area contributed by atoms with Crippen molar-refractivity contribution < 1.29 is 0 Å². The van der Waals surface area contributed by atoms with E-state index in [9.17, 15) is 0 Å². The van der Waals surface area contributed by atoms with E-state index >= 15 is 0 Å². The molecule has 0 aromatic heterocycles. The molecule has 6 atom stereocenters. The average Bonchev–Trinajstić information content (AvgIpc) is 3.96. The van der Waals surface area contributed by atoms with Crippen molar-refractivity contribution in [2.75, 3.05) is 4.90 Å². The molecule has 1 nitrogen and oxygen atoms in total. The fourth-order valence-electron chi connectivity index (χ4n) is 16.4. The van der Waals surface area contributed by atoms with Gasteiger partial charge in [0.25, 0.3) is 0 Å². The molecule has 0 aliphatic heterocycles. The summed E-state index contributed by atoms with van der Waals surface area (Å²) < 4.78 is 0. The van der Waals surface area contributed by atoms with Gasteiger partial charge in [-0.25, -0.2) is 0 Å². The molecular formula is C65H71N. The molecule has 2 spiro atoms. The van der Waals surface area contributed by atoms with Crippen LogP contribution >= 0.6 is 0 Å². The molecule has 2 bridgehead atoms. The second-order valence-electron chi connectivity index (χ2n) is 26.6. The number of fused-ring (bicyclic) bond motifs is 12. The Morgan fingerprint density at radius 2 is 1.05 bits per heavy atom. The second-order valence-corrected chi connectivity index (χ2v) is 26.6. The number of anilines is 3. The lowest BCUT2D eigenvalue weighted by molar-refractivity contribution is -0.231. The van der Waals surface area contributed by atoms with Gasteiger partial charge < -0.3 is 4.90 Å². The van der Waals surface area contributed by atoms with Crippen LogP contribution in [0.2, 0.25) is 0 Å². The van der Waals surface area contributed by atoms with Gasteiger partial charge in [-0.05, 0) is 204 Å². The van der Waals surface area contributed by atoms with Crippen molar-refractivity contribution in [3.05, 3.63) is 160 Å². The topological polar surface area (TPSA) is 3.24 Å². The Bertz CT molecular complexity index is 3050. The van der Waals surface area contributed by atoms with Crippen molar-refractivity contribution in [3.63, 3.8) is 0 Å². The van der Waals surface area contributed by atoms with E-state index in [2.05, 4.69) is 203 Å². The standard InChI is InChI=1S/C65H71N/c1-59(2,3)40-29-39(30-41(31-40)60(4,5)6)49-33-45(36-55-58(49)48-18-14-16-20-51(48)65(55)56-28-38-27-42-32-57(65)64(42,56)37-38)66(44-22-24-52-54(35-44)62(9,10)26-25-61(52,7)8)43-21-23-47-46-17-13-15-19-50(46)63(11,12)53(47)34-43/h13-24,29-31,33-36,38,42,56-57H,25-28,32,37H2,1-12H3. The monoisotopic (exact) mass is 866 g/mol. The molecule has 0 amide bonds. The Hall–Kier alpha value is -4.88. The molecule has 6 aromatic rings. The van der Waals surface area contributed by atoms with Crippen molar-refractivity contribution in [2.45, 2.75) is 154 Å². The molecule has 4 saturated carbocycles. The highest BCUT2D eigenvalue weighted by Gasteiger charge is 2.84. The zero-order valence-corrected chi connectivity index (χ0v) is 42.0. The summed E-state index contributed by atoms with van der Waals surface area (Å²) in [5, 5.41) is 0. The van der Waals surface area contributed by atoms with E-state index in [1.54, 1.807) is 11.1 Å². The van der Waals surface area contributed by atoms with Crippen molar-refractivity contribution >= 4 is 17.1 Å². The summed E-state index contributed by atoms with van der Waals surface area (Å²) in [7, 11) is 0. The fourth-order valence-corrected chi connectivity index (χ4v) is 16.4. The minimum atomic E-state index is -0.107. The van der Waals surface area contributed by atoms with Crippen LogP contribution < -0.4 is 4.90 Å². The molecule has 7 aliphatic carbocycles. The molecule has 6 aromatic carbocycles. The molecule has 0 heterocycles. The predicted octanol–water partition coefficient (Wildman–Crippen LogP) is 17.4. The molecule has 0 saturated heterocycles. The molecule has 336 valence electrons. The van der Waals surface area contributed by atoms with Gasteiger partial charge in [0.05, 0.1) is 0 Å². The van der Waals surface area contributed by atoms with E-state index in [-0.39, 0.29) is 32.5 Å². The van der Waals surface area contributed by atoms with Gasteiger partial charge in [-0.15, -0.1) is 0 Å². The quantitative estimate of drug-likeness (QED) is 0.171. The molecule has 66 heavy (non-hydrogen) atoms. The second kappa shape index (κ2) is 12.8. The largest absolute Gasteiger partial charge is 0.310 e. The summed E-state index contributed by atoms with van der Waals surface area (Å²) >= 11 is 0. The lowest BCUT2D eigenvalue weighted by Gasteiger charge is -2.76. The third kappa shape index (κ3) is 5.14. The normalized spacial score (nSPS) is 28.1. The van der Waals surface area contributed by atoms with E-state index in [1.807, 2.05) is 0 Å². The SMILES string of the molecule is CC(C)(C)c1cc(-c2cc(N(c3ccc4c(c3)C(C)(C)CCC4(C)C)c3ccc4c(c3)C(C)(C)c3ccccc3-4)cc3c2-c2ccccc2C32C3CC4CC5CC2C53C4)cc(C(C)(C)C)c1. The van der Waals surface area contributed by atoms with Crippen LogP contribution in [-0.4, -0.2) is 0 Å². The van der Waals surface area contributed by atoms with Gasteiger partial charge in [0.2, 0.25) is 0 Å². The first kappa shape index (κ1) is 41.3. The summed E-state index contributed by atoms with van der Waals surface area (Å²) in [6, 6.07) is 47.0. The minimum Gasteiger partial charge on any atom is -0.310 e. The molecule has 0 radical (unpaired) electrons. The molecule has 7 aliphatic rings. The van der Waals surface area contributed by atoms with E-state index in [4.69, 9.17) is 0 Å². The molecule has 4 fully saturated rings. The van der Waals surface area contributed by atoms with Crippen molar-refractivity contribution in [3.8, 4) is 33.4 Å². The minimum absolute atomic E-state index is 0.00481. The number of hydrogen-bond donors (Lipinski definition) is 0. The van der Waals surface area contributed by atoms with Crippen LogP contribution in [0, 0.1) is 29.1 Å². The third-order valence-electron chi connectivity index (χ3n) is 19.9. The first-order valence-corrected chi connectivity index (χ1v) is 25.8. The highest BCUT2D eigenvalue weighted by Crippen LogP contribution is 2.90. The number of hydrogen-bond acceptors (Lipinski definition) is 1. The van der Waals surface area contributed by atoms with Crippen molar-refractivity contribution in [1.82, 2.24) is 0 Å². The molecule has 1 heteroatoms. The highest BCUT2D eigenvalue weighted by molar-refractivity contribution is 5.98. The van der Waals surface area contributed by atoms with E-state index < -0.39 is 0 Å². The van der Waals surface area contributed by atoms with Crippen LogP contribution in [0.3, 0.4) is 0 Å². The van der Waals surface area contributed by atoms with Gasteiger partial charge in [0.15, 0.2) is 0 Å². The lowest BCUT2D eigenvalue weighted by atomic mass is 9.27. The van der Waals surface area contributed by atoms with Gasteiger partial charge in [-0.3, -0.25) is 0 Å². The first-order chi connectivity index (χ1) is 31.2. The Morgan fingerprint density at radius 1 is 0.470 bits per heavy atom. The van der Waals surface area contributed by atoms with Gasteiger partial charge in [0.1, 0.15) is 0 Å². The Balaban J connectivity index is 1.12. The van der Waals surface area contributed by atoms with Crippen LogP contribution in [0.4, 0.5) is 17.1 Å². The average molecular weight is 866 g/mol. The highest BCUT2D eigenvalue weighted by atomic mass is 15.1. The summed E-state index contributed by atoms with van der Waals surface area (Å²) in [5.74, 6) is 3.29. The van der Waals surface area contributed by atoms with E-state index in [0.29, 0.717) is 5.41 Å². The number of rotatable bonds is 4. The molecule has 13 rings (SSSR count). The maximum Gasteiger partial charge on any atom is 0.0471 e. The Morgan fingerprint density at radius 3 is 1.73 bits per heavy atom. The number of nitrogens with zero attached hydrogens (tertiary/aromatic N) is 1. The van der Waals surface area contributed by atoms with Crippen LogP contribution in [0.15, 0.2) is 115 Å². The molecule has 6 unspecified atom stereocenters. The fraction of sp³-hybridized carbons (Fsp3) is 0.446. The van der Waals surface area contributed by atoms with Crippen LogP contribution in [0.25, 0.3) is 33.4 Å². The van der Waals surface area contributed by atoms with Crippen LogP contribution in [-0.2, 0) is 32.5 Å². The van der Waals surface area contributed by atoms with Crippen molar-refractivity contribution in [1.29, 1.82) is 0 Å². The predicted molar refractivity (Wildman–Crippen MR) is 278 cm³/mol. The summed E-state index contributed by atoms with van der Waals surface area (Å²) in [4.78, 5) is 2.70. The van der Waals surface area contributed by atoms with Crippen LogP contribution in [0.1, 0.15) is 166 Å². The van der Waals surface area contributed by atoms with Crippen LogP contribution in [0.5, 0.6) is 0 Å². The first-order valence-electron chi connectivity index (χ1n) is 25.8. The Kier molecular flexibility index (Phi) is 8.01.